The summed E-state index contributed by atoms with van der Waals surface area (Å²) >= 11 is 0. The fourth-order valence-corrected chi connectivity index (χ4v) is 6.16. The molecule has 3 heterocycles. The molecule has 3 aromatic rings. The summed E-state index contributed by atoms with van der Waals surface area (Å²) in [6, 6.07) is 19.1. The van der Waals surface area contributed by atoms with Crippen molar-refractivity contribution in [3.05, 3.63) is 89.1 Å². The highest BCUT2D eigenvalue weighted by Gasteiger charge is 2.39. The average molecular weight is 467 g/mol. The van der Waals surface area contributed by atoms with E-state index in [-0.39, 0.29) is 24.1 Å². The summed E-state index contributed by atoms with van der Waals surface area (Å²) in [4.78, 5) is 19.8. The lowest BCUT2D eigenvalue weighted by Gasteiger charge is -2.44. The molecule has 2 aliphatic heterocycles. The van der Waals surface area contributed by atoms with Crippen molar-refractivity contribution in [2.24, 2.45) is 0 Å². The van der Waals surface area contributed by atoms with Crippen molar-refractivity contribution in [3.63, 3.8) is 0 Å². The van der Waals surface area contributed by atoms with Crippen LogP contribution in [0.5, 0.6) is 5.88 Å². The summed E-state index contributed by atoms with van der Waals surface area (Å²) in [5.41, 5.74) is 8.54. The summed E-state index contributed by atoms with van der Waals surface area (Å²) in [7, 11) is 1.64. The Morgan fingerprint density at radius 1 is 1.03 bits per heavy atom. The number of aromatic nitrogens is 1. The van der Waals surface area contributed by atoms with Gasteiger partial charge in [-0.25, -0.2) is 9.78 Å². The quantitative estimate of drug-likeness (QED) is 0.449. The van der Waals surface area contributed by atoms with Gasteiger partial charge in [0.05, 0.1) is 13.2 Å². The summed E-state index contributed by atoms with van der Waals surface area (Å²) in [6.45, 7) is 2.45. The van der Waals surface area contributed by atoms with Crippen LogP contribution >= 0.6 is 0 Å². The zero-order chi connectivity index (χ0) is 23.9. The number of pyridine rings is 1. The third-order valence-corrected chi connectivity index (χ3v) is 7.82. The molecule has 0 radical (unpaired) electrons. The van der Waals surface area contributed by atoms with Gasteiger partial charge in [0.15, 0.2) is 0 Å². The zero-order valence-corrected chi connectivity index (χ0v) is 20.2. The highest BCUT2D eigenvalue weighted by atomic mass is 16.6. The first-order valence-corrected chi connectivity index (χ1v) is 12.5. The molecule has 35 heavy (non-hydrogen) atoms. The van der Waals surface area contributed by atoms with Crippen molar-refractivity contribution in [3.8, 4) is 17.0 Å². The molecule has 1 aromatic heterocycles. The zero-order valence-electron chi connectivity index (χ0n) is 20.2. The van der Waals surface area contributed by atoms with Crippen molar-refractivity contribution in [1.82, 2.24) is 9.88 Å². The molecule has 1 fully saturated rings. The number of amides is 1. The average Bonchev–Trinajstić information content (AvgIpc) is 3.20. The fraction of sp³-hybridized carbons (Fsp3) is 0.333. The van der Waals surface area contributed by atoms with Crippen molar-refractivity contribution in [2.45, 2.75) is 50.6 Å². The normalized spacial score (nSPS) is 20.6. The Morgan fingerprint density at radius 3 is 2.40 bits per heavy atom. The molecule has 2 aromatic carbocycles. The van der Waals surface area contributed by atoms with Crippen molar-refractivity contribution < 1.29 is 14.3 Å². The second-order valence-corrected chi connectivity index (χ2v) is 9.80. The molecule has 5 nitrogen and oxygen atoms in total. The fourth-order valence-electron chi connectivity index (χ4n) is 6.16. The predicted octanol–water partition coefficient (Wildman–Crippen LogP) is 6.36. The van der Waals surface area contributed by atoms with Crippen LogP contribution in [0.2, 0.25) is 0 Å². The van der Waals surface area contributed by atoms with Crippen LogP contribution in [-0.2, 0) is 4.74 Å². The molecular weight excluding hydrogens is 436 g/mol. The number of methoxy groups -OCH3 is 1. The van der Waals surface area contributed by atoms with Gasteiger partial charge in [0, 0.05) is 24.2 Å². The van der Waals surface area contributed by atoms with E-state index in [2.05, 4.69) is 66.5 Å². The van der Waals surface area contributed by atoms with E-state index >= 15 is 0 Å². The molecule has 5 heteroatoms. The monoisotopic (exact) mass is 466 g/mol. The lowest BCUT2D eigenvalue weighted by molar-refractivity contribution is 0.0539. The molecule has 1 amide bonds. The maximum atomic E-state index is 13.4. The minimum absolute atomic E-state index is 0.0645. The number of ether oxygens (including phenoxy) is 2. The Hall–Kier alpha value is -3.60. The molecule has 6 rings (SSSR count). The van der Waals surface area contributed by atoms with Gasteiger partial charge < -0.3 is 9.47 Å². The number of piperidine rings is 1. The van der Waals surface area contributed by atoms with E-state index in [0.29, 0.717) is 12.5 Å². The first kappa shape index (κ1) is 21.9. The first-order chi connectivity index (χ1) is 17.1. The molecule has 178 valence electrons. The minimum Gasteiger partial charge on any atom is -0.481 e. The summed E-state index contributed by atoms with van der Waals surface area (Å²) in [6.07, 6.45) is 7.89. The van der Waals surface area contributed by atoms with Gasteiger partial charge in [-0.05, 0) is 71.6 Å². The summed E-state index contributed by atoms with van der Waals surface area (Å²) < 4.78 is 11.3. The Balaban J connectivity index is 1.22. The molecule has 0 spiro atoms. The van der Waals surface area contributed by atoms with E-state index in [4.69, 9.17) is 9.47 Å². The van der Waals surface area contributed by atoms with Gasteiger partial charge in [-0.15, -0.1) is 0 Å². The molecule has 0 N–H and O–H groups in total. The Kier molecular flexibility index (Phi) is 5.56. The molecule has 1 aliphatic carbocycles. The van der Waals surface area contributed by atoms with Gasteiger partial charge in [0.1, 0.15) is 6.61 Å². The van der Waals surface area contributed by atoms with Gasteiger partial charge in [-0.3, -0.25) is 4.90 Å². The molecule has 2 atom stereocenters. The third kappa shape index (κ3) is 3.79. The van der Waals surface area contributed by atoms with Crippen LogP contribution in [0.3, 0.4) is 0 Å². The van der Waals surface area contributed by atoms with Gasteiger partial charge in [-0.2, -0.15) is 0 Å². The summed E-state index contributed by atoms with van der Waals surface area (Å²) in [5.74, 6) is 0.707. The number of nitrogens with zero attached hydrogens (tertiary/aromatic N) is 2. The Morgan fingerprint density at radius 2 is 1.74 bits per heavy atom. The van der Waals surface area contributed by atoms with Crippen LogP contribution in [0.25, 0.3) is 16.7 Å². The molecule has 2 bridgehead atoms. The maximum absolute atomic E-state index is 13.4. The highest BCUT2D eigenvalue weighted by Crippen LogP contribution is 2.45. The largest absolute Gasteiger partial charge is 0.481 e. The standard InChI is InChI=1S/C30H30N2O3/c1-19-14-29(34-2)31-17-27(19)20-15-21-8-7-9-22(16-20)32(21)30(33)35-18-28-25-12-5-3-10-23(25)24-11-4-6-13-26(24)28/h3-6,10-15,17,21-22,28H,7-9,16,18H2,1-2H3. The number of rotatable bonds is 4. The number of fused-ring (bicyclic) bond motifs is 5. The maximum Gasteiger partial charge on any atom is 0.410 e. The van der Waals surface area contributed by atoms with E-state index in [1.165, 1.54) is 27.8 Å². The van der Waals surface area contributed by atoms with E-state index < -0.39 is 0 Å². The van der Waals surface area contributed by atoms with Crippen LogP contribution < -0.4 is 4.74 Å². The molecular formula is C30H30N2O3. The van der Waals surface area contributed by atoms with E-state index in [1.54, 1.807) is 7.11 Å². The van der Waals surface area contributed by atoms with E-state index in [9.17, 15) is 4.79 Å². The van der Waals surface area contributed by atoms with Crippen molar-refractivity contribution in [2.75, 3.05) is 13.7 Å². The lowest BCUT2D eigenvalue weighted by atomic mass is 9.82. The second kappa shape index (κ2) is 8.88. The molecule has 1 saturated heterocycles. The molecule has 0 saturated carbocycles. The van der Waals surface area contributed by atoms with Crippen LogP contribution in [0.15, 0.2) is 66.9 Å². The van der Waals surface area contributed by atoms with Gasteiger partial charge in [0.2, 0.25) is 5.88 Å². The summed E-state index contributed by atoms with van der Waals surface area (Å²) in [5, 5.41) is 0. The Labute approximate surface area is 206 Å². The molecule has 2 unspecified atom stereocenters. The van der Waals surface area contributed by atoms with E-state index in [1.807, 2.05) is 17.2 Å². The SMILES string of the molecule is COc1cc(C)c(C2=CC3CCCC(C2)N3C(=O)OCC2c3ccccc3-c3ccccc32)cn1. The van der Waals surface area contributed by atoms with Crippen molar-refractivity contribution in [1.29, 1.82) is 0 Å². The number of carbonyl (C=O) groups is 1. The smallest absolute Gasteiger partial charge is 0.410 e. The van der Waals surface area contributed by atoms with Crippen molar-refractivity contribution >= 4 is 11.7 Å². The molecule has 3 aliphatic rings. The predicted molar refractivity (Wildman–Crippen MR) is 136 cm³/mol. The number of aryl methyl sites for hydroxylation is 1. The number of hydrogen-bond acceptors (Lipinski definition) is 4. The van der Waals surface area contributed by atoms with Crippen LogP contribution in [0.4, 0.5) is 4.79 Å². The number of benzene rings is 2. The number of carbonyl (C=O) groups excluding carboxylic acids is 1. The van der Waals surface area contributed by atoms with E-state index in [0.717, 1.165) is 36.8 Å². The van der Waals surface area contributed by atoms with Crippen LogP contribution in [-0.4, -0.2) is 41.8 Å². The van der Waals surface area contributed by atoms with Gasteiger partial charge >= 0.3 is 6.09 Å². The Bertz CT molecular complexity index is 1270. The lowest BCUT2D eigenvalue weighted by Crippen LogP contribution is -2.51. The first-order valence-electron chi connectivity index (χ1n) is 12.5. The minimum atomic E-state index is -0.193. The third-order valence-electron chi connectivity index (χ3n) is 7.82. The highest BCUT2D eigenvalue weighted by molar-refractivity contribution is 5.79. The van der Waals surface area contributed by atoms with Gasteiger partial charge in [0.25, 0.3) is 0 Å². The topological polar surface area (TPSA) is 51.7 Å². The second-order valence-electron chi connectivity index (χ2n) is 9.80. The van der Waals surface area contributed by atoms with Gasteiger partial charge in [-0.1, -0.05) is 54.6 Å². The number of hydrogen-bond donors (Lipinski definition) is 0. The van der Waals surface area contributed by atoms with Crippen LogP contribution in [0, 0.1) is 6.92 Å². The van der Waals surface area contributed by atoms with Crippen LogP contribution in [0.1, 0.15) is 53.9 Å².